The summed E-state index contributed by atoms with van der Waals surface area (Å²) < 4.78 is 0. The summed E-state index contributed by atoms with van der Waals surface area (Å²) in [6.07, 6.45) is 6.10. The molecule has 0 unspecified atom stereocenters. The molecule has 0 bridgehead atoms. The van der Waals surface area contributed by atoms with E-state index in [1.165, 1.54) is 45.4 Å². The molecule has 0 spiro atoms. The van der Waals surface area contributed by atoms with Gasteiger partial charge in [-0.3, -0.25) is 9.80 Å². The maximum absolute atomic E-state index is 2.67. The Morgan fingerprint density at radius 1 is 0.560 bits per heavy atom. The fraction of sp³-hybridized carbons (Fsp3) is 1.00. The maximum atomic E-state index is 2.67. The van der Waals surface area contributed by atoms with Gasteiger partial charge in [-0.15, -0.1) is 11.8 Å². The Bertz CT molecular complexity index is 298. The Labute approximate surface area is 163 Å². The molecule has 3 nitrogen and oxygen atoms in total. The van der Waals surface area contributed by atoms with Crippen LogP contribution in [0.1, 0.15) is 74.7 Å². The summed E-state index contributed by atoms with van der Waals surface area (Å²) in [5, 5.41) is 0. The molecule has 0 heterocycles. The quantitative estimate of drug-likeness (QED) is 0.294. The second-order valence-electron chi connectivity index (χ2n) is 8.44. The predicted molar refractivity (Wildman–Crippen MR) is 118 cm³/mol. The number of rotatable bonds is 15. The Morgan fingerprint density at radius 2 is 1.00 bits per heavy atom. The highest BCUT2D eigenvalue weighted by atomic mass is 32.2. The average Bonchev–Trinajstić information content (AvgIpc) is 2.50. The third-order valence-corrected chi connectivity index (χ3v) is 5.67. The van der Waals surface area contributed by atoms with Crippen LogP contribution in [0.25, 0.3) is 0 Å². The van der Waals surface area contributed by atoms with E-state index in [0.717, 1.165) is 5.88 Å². The van der Waals surface area contributed by atoms with Crippen molar-refractivity contribution in [2.75, 3.05) is 38.3 Å². The van der Waals surface area contributed by atoms with Gasteiger partial charge in [0.2, 0.25) is 0 Å². The van der Waals surface area contributed by atoms with Gasteiger partial charge in [0, 0.05) is 30.0 Å². The van der Waals surface area contributed by atoms with Gasteiger partial charge >= 0.3 is 0 Å². The number of nitrogens with zero attached hydrogens (tertiary/aromatic N) is 3. The van der Waals surface area contributed by atoms with E-state index in [0.29, 0.717) is 24.2 Å². The Morgan fingerprint density at radius 3 is 1.40 bits per heavy atom. The van der Waals surface area contributed by atoms with Crippen LogP contribution in [0.15, 0.2) is 0 Å². The summed E-state index contributed by atoms with van der Waals surface area (Å²) in [5.41, 5.74) is 0. The van der Waals surface area contributed by atoms with Crippen LogP contribution in [0.4, 0.5) is 0 Å². The first-order valence-corrected chi connectivity index (χ1v) is 11.8. The first kappa shape index (κ1) is 25.2. The lowest BCUT2D eigenvalue weighted by Crippen LogP contribution is -2.40. The number of unbranched alkanes of at least 4 members (excludes halogenated alkanes) is 1. The normalized spacial score (nSPS) is 13.0. The van der Waals surface area contributed by atoms with Crippen molar-refractivity contribution in [2.45, 2.75) is 98.8 Å². The fourth-order valence-corrected chi connectivity index (χ4v) is 4.22. The zero-order valence-electron chi connectivity index (χ0n) is 18.7. The molecule has 25 heavy (non-hydrogen) atoms. The van der Waals surface area contributed by atoms with Crippen molar-refractivity contribution in [1.82, 2.24) is 14.7 Å². The van der Waals surface area contributed by atoms with Crippen LogP contribution in [0.2, 0.25) is 0 Å². The van der Waals surface area contributed by atoms with Crippen molar-refractivity contribution in [2.24, 2.45) is 0 Å². The fourth-order valence-electron chi connectivity index (χ4n) is 3.46. The molecule has 0 amide bonds. The molecule has 0 aromatic carbocycles. The molecule has 0 aliphatic heterocycles. The Hall–Kier alpha value is 0.230. The monoisotopic (exact) mass is 373 g/mol. The van der Waals surface area contributed by atoms with Gasteiger partial charge in [-0.1, -0.05) is 0 Å². The molecule has 152 valence electrons. The minimum atomic E-state index is 0.644. The lowest BCUT2D eigenvalue weighted by atomic mass is 10.2. The molecular formula is C21H47N3S. The summed E-state index contributed by atoms with van der Waals surface area (Å²) in [7, 11) is 0. The first-order chi connectivity index (χ1) is 11.7. The highest BCUT2D eigenvalue weighted by Gasteiger charge is 2.15. The van der Waals surface area contributed by atoms with E-state index in [1.54, 1.807) is 0 Å². The zero-order valence-corrected chi connectivity index (χ0v) is 19.5. The zero-order chi connectivity index (χ0) is 19.4. The third kappa shape index (κ3) is 11.5. The second kappa shape index (κ2) is 14.3. The molecule has 0 rings (SSSR count). The highest BCUT2D eigenvalue weighted by molar-refractivity contribution is 7.98. The van der Waals surface area contributed by atoms with Crippen molar-refractivity contribution >= 4 is 11.8 Å². The smallest absolute Gasteiger partial charge is 0.0444 e. The van der Waals surface area contributed by atoms with Crippen LogP contribution in [0, 0.1) is 0 Å². The largest absolute Gasteiger partial charge is 0.301 e. The summed E-state index contributed by atoms with van der Waals surface area (Å²) >= 11 is 1.94. The van der Waals surface area contributed by atoms with Gasteiger partial charge in [0.05, 0.1) is 0 Å². The molecule has 0 N–H and O–H groups in total. The molecule has 0 atom stereocenters. The molecule has 0 fully saturated rings. The molecule has 0 aliphatic carbocycles. The van der Waals surface area contributed by atoms with Crippen molar-refractivity contribution < 1.29 is 0 Å². The van der Waals surface area contributed by atoms with Crippen molar-refractivity contribution in [3.63, 3.8) is 0 Å². The molecule has 4 heteroatoms. The van der Waals surface area contributed by atoms with Gasteiger partial charge < -0.3 is 4.90 Å². The second-order valence-corrected chi connectivity index (χ2v) is 9.28. The minimum absolute atomic E-state index is 0.644. The lowest BCUT2D eigenvalue weighted by Gasteiger charge is -2.32. The number of hydrogen-bond acceptors (Lipinski definition) is 4. The van der Waals surface area contributed by atoms with E-state index >= 15 is 0 Å². The van der Waals surface area contributed by atoms with E-state index in [1.807, 2.05) is 11.8 Å². The molecule has 0 saturated heterocycles. The van der Waals surface area contributed by atoms with Crippen molar-refractivity contribution in [1.29, 1.82) is 0 Å². The van der Waals surface area contributed by atoms with Crippen molar-refractivity contribution in [3.05, 3.63) is 0 Å². The molecule has 0 radical (unpaired) electrons. The van der Waals surface area contributed by atoms with Crippen LogP contribution in [-0.2, 0) is 0 Å². The summed E-state index contributed by atoms with van der Waals surface area (Å²) in [5.74, 6) is 1.16. The number of thioether (sulfide) groups is 1. The van der Waals surface area contributed by atoms with Crippen LogP contribution in [0.3, 0.4) is 0 Å². The van der Waals surface area contributed by atoms with Gasteiger partial charge in [0.15, 0.2) is 0 Å². The SMILES string of the molecule is CSCN(CCCCN(CCCN(C(C)C)C(C)C)C(C)C)C(C)C. The Kier molecular flexibility index (Phi) is 14.4. The van der Waals surface area contributed by atoms with E-state index in [-0.39, 0.29) is 0 Å². The van der Waals surface area contributed by atoms with E-state index in [9.17, 15) is 0 Å². The summed E-state index contributed by atoms with van der Waals surface area (Å²) in [6, 6.07) is 2.60. The maximum Gasteiger partial charge on any atom is 0.0444 e. The molecule has 0 aromatic heterocycles. The van der Waals surface area contributed by atoms with E-state index in [4.69, 9.17) is 0 Å². The molecule has 0 saturated carbocycles. The van der Waals surface area contributed by atoms with E-state index in [2.05, 4.69) is 76.3 Å². The van der Waals surface area contributed by atoms with Gasteiger partial charge in [-0.2, -0.15) is 0 Å². The predicted octanol–water partition coefficient (Wildman–Crippen LogP) is 5.02. The first-order valence-electron chi connectivity index (χ1n) is 10.4. The van der Waals surface area contributed by atoms with Gasteiger partial charge in [0.25, 0.3) is 0 Å². The van der Waals surface area contributed by atoms with Gasteiger partial charge in [-0.25, -0.2) is 0 Å². The van der Waals surface area contributed by atoms with Crippen LogP contribution in [-0.4, -0.2) is 77.2 Å². The lowest BCUT2D eigenvalue weighted by molar-refractivity contribution is 0.149. The Balaban J connectivity index is 4.18. The summed E-state index contributed by atoms with van der Waals surface area (Å²) in [6.45, 7) is 23.5. The molecular weight excluding hydrogens is 326 g/mol. The van der Waals surface area contributed by atoms with Crippen LogP contribution in [0.5, 0.6) is 0 Å². The standard InChI is InChI=1S/C21H47N3S/c1-18(2)22(15-12-16-24(20(5)6)21(7)8)13-10-11-14-23(17-25-9)19(3)4/h18-21H,10-17H2,1-9H3. The topological polar surface area (TPSA) is 9.72 Å². The number of hydrogen-bond donors (Lipinski definition) is 0. The third-order valence-electron chi connectivity index (χ3n) is 5.08. The van der Waals surface area contributed by atoms with E-state index < -0.39 is 0 Å². The van der Waals surface area contributed by atoms with Crippen molar-refractivity contribution in [3.8, 4) is 0 Å². The van der Waals surface area contributed by atoms with Gasteiger partial charge in [-0.05, 0) is 107 Å². The molecule has 0 aromatic rings. The highest BCUT2D eigenvalue weighted by Crippen LogP contribution is 2.10. The van der Waals surface area contributed by atoms with Crippen LogP contribution < -0.4 is 0 Å². The average molecular weight is 374 g/mol. The van der Waals surface area contributed by atoms with Crippen LogP contribution >= 0.6 is 11.8 Å². The molecule has 0 aliphatic rings. The summed E-state index contributed by atoms with van der Waals surface area (Å²) in [4.78, 5) is 7.88. The minimum Gasteiger partial charge on any atom is -0.301 e. The van der Waals surface area contributed by atoms with Gasteiger partial charge in [0.1, 0.15) is 0 Å².